The van der Waals surface area contributed by atoms with Crippen molar-refractivity contribution in [3.8, 4) is 0 Å². The number of hydrogen-bond acceptors (Lipinski definition) is 21. The monoisotopic (exact) mass is 1310 g/mol. The smallest absolute Gasteiger partial charge is 0.329 e. The zero-order valence-corrected chi connectivity index (χ0v) is 55.4. The molecule has 1 aliphatic carbocycles. The summed E-state index contributed by atoms with van der Waals surface area (Å²) in [6.45, 7) is 11.8. The molecule has 0 aromatic heterocycles. The molecule has 3 aliphatic heterocycles. The molecule has 9 N–H and O–H groups in total. The maximum Gasteiger partial charge on any atom is 0.329 e. The molecule has 25 nitrogen and oxygen atoms in total. The van der Waals surface area contributed by atoms with Crippen LogP contribution in [-0.4, -0.2) is 215 Å². The van der Waals surface area contributed by atoms with Gasteiger partial charge in [0.05, 0.1) is 36.8 Å². The maximum atomic E-state index is 14.7. The number of methoxy groups -OCH3 is 3. The number of esters is 2. The number of fused-ring (bicyclic) bond motifs is 3. The number of nitrogens with two attached hydrogens (primary N) is 1. The summed E-state index contributed by atoms with van der Waals surface area (Å²) in [5.41, 5.74) is 6.68. The van der Waals surface area contributed by atoms with Crippen molar-refractivity contribution in [1.82, 2.24) is 15.5 Å². The summed E-state index contributed by atoms with van der Waals surface area (Å²) >= 11 is 0.941. The molecule has 1 saturated carbocycles. The van der Waals surface area contributed by atoms with Crippen molar-refractivity contribution in [2.45, 2.75) is 211 Å². The molecule has 0 aromatic rings. The predicted molar refractivity (Wildman–Crippen MR) is 336 cm³/mol. The second kappa shape index (κ2) is 38.7. The molecular formula is C65H102N4O21S. The number of carboxylic acid groups (broad SMARTS) is 2. The number of aliphatic hydroxyl groups is 3. The van der Waals surface area contributed by atoms with Gasteiger partial charge in [0.15, 0.2) is 11.9 Å². The first-order valence-electron chi connectivity index (χ1n) is 31.8. The third-order valence-electron chi connectivity index (χ3n) is 17.9. The number of nitrogens with zero attached hydrogens (tertiary/aromatic N) is 1. The Labute approximate surface area is 539 Å². The topological polar surface area (TPSA) is 373 Å². The van der Waals surface area contributed by atoms with E-state index in [-0.39, 0.29) is 80.3 Å². The van der Waals surface area contributed by atoms with E-state index < -0.39 is 145 Å². The molecule has 0 aromatic carbocycles. The van der Waals surface area contributed by atoms with Gasteiger partial charge in [-0.25, -0.2) is 4.79 Å². The summed E-state index contributed by atoms with van der Waals surface area (Å²) in [6, 6.07) is -3.74. The Morgan fingerprint density at radius 1 is 0.868 bits per heavy atom. The number of aliphatic hydroxyl groups excluding tert-OH is 2. The highest BCUT2D eigenvalue weighted by Gasteiger charge is 2.53. The lowest BCUT2D eigenvalue weighted by Crippen LogP contribution is -2.63. The van der Waals surface area contributed by atoms with Gasteiger partial charge < -0.3 is 80.0 Å². The number of thioether (sulfide) groups is 1. The van der Waals surface area contributed by atoms with E-state index in [0.717, 1.165) is 17.3 Å². The number of carboxylic acids is 2. The minimum absolute atomic E-state index is 0.00663. The van der Waals surface area contributed by atoms with Gasteiger partial charge in [0, 0.05) is 70.6 Å². The summed E-state index contributed by atoms with van der Waals surface area (Å²) in [7, 11) is 4.47. The van der Waals surface area contributed by atoms with Crippen LogP contribution in [0.3, 0.4) is 0 Å². The molecule has 1 unspecified atom stereocenters. The number of nitrogens with one attached hydrogen (secondary N) is 2. The lowest BCUT2D eigenvalue weighted by molar-refractivity contribution is -0.317. The number of aliphatic carboxylic acids is 2. The Bertz CT molecular complexity index is 2560. The molecular weight excluding hydrogens is 1200 g/mol. The first kappa shape index (κ1) is 78.0. The van der Waals surface area contributed by atoms with Gasteiger partial charge in [-0.05, 0) is 113 Å². The quantitative estimate of drug-likeness (QED) is 0.0429. The van der Waals surface area contributed by atoms with Crippen molar-refractivity contribution in [3.05, 3.63) is 47.6 Å². The minimum Gasteiger partial charge on any atom is -0.480 e. The second-order valence-corrected chi connectivity index (χ2v) is 26.1. The summed E-state index contributed by atoms with van der Waals surface area (Å²) in [5.74, 6) is -12.3. The number of allylic oxidation sites excluding steroid dienone is 6. The third kappa shape index (κ3) is 24.5. The molecule has 0 radical (unpaired) electrons. The number of amides is 3. The van der Waals surface area contributed by atoms with Crippen molar-refractivity contribution >= 4 is 64.9 Å². The first-order chi connectivity index (χ1) is 43.0. The fraction of sp³-hybridized carbons (Fsp3) is 0.738. The van der Waals surface area contributed by atoms with Gasteiger partial charge in [-0.3, -0.25) is 38.4 Å². The van der Waals surface area contributed by atoms with Crippen molar-refractivity contribution in [3.63, 3.8) is 0 Å². The maximum absolute atomic E-state index is 14.7. The minimum atomic E-state index is -2.30. The molecule has 0 spiro atoms. The van der Waals surface area contributed by atoms with Crippen LogP contribution in [0.1, 0.15) is 138 Å². The molecule has 4 aliphatic rings. The number of Topliss-reactive ketones (excluding diaryl/α,β-unsaturated/α-hetero) is 2. The lowest BCUT2D eigenvalue weighted by atomic mass is 9.78. The largest absolute Gasteiger partial charge is 0.480 e. The molecule has 514 valence electrons. The average molecular weight is 1310 g/mol. The van der Waals surface area contributed by atoms with E-state index >= 15 is 0 Å². The van der Waals surface area contributed by atoms with Gasteiger partial charge in [-0.15, -0.1) is 11.8 Å². The average Bonchev–Trinajstić information content (AvgIpc) is 0.861. The molecule has 2 saturated heterocycles. The second-order valence-electron chi connectivity index (χ2n) is 25.0. The molecule has 3 heterocycles. The molecule has 2 bridgehead atoms. The number of ketones is 2. The summed E-state index contributed by atoms with van der Waals surface area (Å²) in [5, 5.41) is 58.3. The van der Waals surface area contributed by atoms with E-state index in [2.05, 4.69) is 10.6 Å². The molecule has 26 heteroatoms. The molecule has 18 atom stereocenters. The van der Waals surface area contributed by atoms with Crippen LogP contribution < -0.4 is 16.4 Å². The van der Waals surface area contributed by atoms with E-state index in [9.17, 15) is 58.5 Å². The van der Waals surface area contributed by atoms with E-state index in [1.807, 2.05) is 51.2 Å². The van der Waals surface area contributed by atoms with Crippen molar-refractivity contribution in [1.29, 1.82) is 0 Å². The summed E-state index contributed by atoms with van der Waals surface area (Å²) in [4.78, 5) is 119. The predicted octanol–water partition coefficient (Wildman–Crippen LogP) is 4.15. The van der Waals surface area contributed by atoms with Gasteiger partial charge in [-0.2, -0.15) is 0 Å². The lowest BCUT2D eigenvalue weighted by Gasteiger charge is -2.46. The van der Waals surface area contributed by atoms with Gasteiger partial charge in [-0.1, -0.05) is 71.1 Å². The number of cyclic esters (lactones) is 1. The highest BCUT2D eigenvalue weighted by atomic mass is 32.2. The highest BCUT2D eigenvalue weighted by molar-refractivity contribution is 8.00. The van der Waals surface area contributed by atoms with Crippen molar-refractivity contribution in [2.75, 3.05) is 59.1 Å². The van der Waals surface area contributed by atoms with Crippen LogP contribution in [0.25, 0.3) is 0 Å². The fourth-order valence-corrected chi connectivity index (χ4v) is 13.1. The number of carbonyl (C=O) groups is 9. The molecule has 4 rings (SSSR count). The van der Waals surface area contributed by atoms with Crippen LogP contribution in [0.5, 0.6) is 0 Å². The molecule has 3 amide bonds. The standard InChI is InChI=1S/C65H102N4O21S/c1-37-16-12-11-13-17-38(2)51(84-8)32-45-21-19-43(7)65(83,90-45)60(77)62(79)69-25-15-14-18-48(69)64(82)89-52(33-49(70)39(3)29-42(6)58(76)59(86-10)57(75)41(5)28-37)40(4)30-44-20-23-50(53(31-44)85-9)87-26-27-88-56(74)36-91-35-47(61(78)67-34-55(72)73)68-54(71)24-22-46(66)63(80)81/h11-13,16-17,29,37,39-41,43-48,50-53,58-60,76-77,83H,14-15,18-28,30-36,66H2,1-10H3,(H,67,78)(H,68,71)(H,72,73)(H,80,81)/b13-11?,16-12+,38-17?,42-29+/t37-,39-,40-,41-,43-,44+,45+,46+,47+,48+,50-,51+,52+,53-,58-,59+,60?,65-/m1/s1. The highest BCUT2D eigenvalue weighted by Crippen LogP contribution is 2.39. The third-order valence-corrected chi connectivity index (χ3v) is 18.9. The first-order valence-corrected chi connectivity index (χ1v) is 32.9. The normalized spacial score (nSPS) is 32.5. The van der Waals surface area contributed by atoms with Crippen LogP contribution in [-0.2, 0) is 76.3 Å². The Morgan fingerprint density at radius 2 is 1.59 bits per heavy atom. The molecule has 3 fully saturated rings. The number of piperidine rings is 1. The van der Waals surface area contributed by atoms with Crippen molar-refractivity contribution in [2.24, 2.45) is 41.2 Å². The zero-order valence-electron chi connectivity index (χ0n) is 54.6. The van der Waals surface area contributed by atoms with Gasteiger partial charge in [0.1, 0.15) is 55.4 Å². The van der Waals surface area contributed by atoms with Crippen LogP contribution in [0.15, 0.2) is 47.6 Å². The van der Waals surface area contributed by atoms with E-state index in [1.54, 1.807) is 48.0 Å². The fourth-order valence-electron chi connectivity index (χ4n) is 12.2. The number of rotatable bonds is 22. The van der Waals surface area contributed by atoms with Crippen LogP contribution in [0.2, 0.25) is 0 Å². The van der Waals surface area contributed by atoms with E-state index in [4.69, 9.17) is 49.1 Å². The summed E-state index contributed by atoms with van der Waals surface area (Å²) in [6.07, 6.45) is 7.90. The van der Waals surface area contributed by atoms with Crippen molar-refractivity contribution < 1.29 is 102 Å². The summed E-state index contributed by atoms with van der Waals surface area (Å²) < 4.78 is 41.6. The Balaban J connectivity index is 1.51. The van der Waals surface area contributed by atoms with Gasteiger partial charge in [0.2, 0.25) is 17.6 Å². The van der Waals surface area contributed by atoms with Crippen LogP contribution >= 0.6 is 11.8 Å². The Kier molecular flexibility index (Phi) is 33.2. The van der Waals surface area contributed by atoms with Crippen LogP contribution in [0.4, 0.5) is 0 Å². The SMILES string of the molecule is CO[C@H]1C[C@@H]2CC[C@@H](C)[C@@](O)(O2)C(O)C(=O)N2CCCC[C@H]2C(=O)O[C@H]([C@H](C)C[C@@H]2CC[C@@H](OCCOC(=O)CSC[C@H](NC(=O)CC[C@H](N)C(=O)O)C(=O)NCC(=O)O)[C@H](OC)C2)CC(=O)[C@H](C)/C=C(\C)[C@@H](O)[C@@H](OC)C(=O)[C@H](C)C[C@H](C)/C=C/C=CC=C1C. The van der Waals surface area contributed by atoms with E-state index in [0.29, 0.717) is 69.8 Å². The van der Waals surface area contributed by atoms with Gasteiger partial charge in [0.25, 0.3) is 5.91 Å². The van der Waals surface area contributed by atoms with Gasteiger partial charge >= 0.3 is 23.9 Å². The van der Waals surface area contributed by atoms with E-state index in [1.165, 1.54) is 12.0 Å². The Morgan fingerprint density at radius 3 is 2.26 bits per heavy atom. The number of ether oxygens (including phenoxy) is 7. The number of carbonyl (C=O) groups excluding carboxylic acids is 7. The Hall–Kier alpha value is -5.42. The zero-order chi connectivity index (χ0) is 67.7. The van der Waals surface area contributed by atoms with Crippen LogP contribution in [0, 0.1) is 35.5 Å². The number of hydrogen-bond donors (Lipinski definition) is 8. The molecule has 91 heavy (non-hydrogen) atoms.